The van der Waals surface area contributed by atoms with E-state index in [2.05, 4.69) is 16.8 Å². The van der Waals surface area contributed by atoms with Crippen LogP contribution in [-0.4, -0.2) is 31.8 Å². The van der Waals surface area contributed by atoms with E-state index in [-0.39, 0.29) is 0 Å². The highest BCUT2D eigenvalue weighted by molar-refractivity contribution is 5.96. The number of rotatable bonds is 2. The second kappa shape index (κ2) is 4.37. The molecule has 94 valence electrons. The van der Waals surface area contributed by atoms with Crippen LogP contribution in [0.25, 0.3) is 10.9 Å². The van der Waals surface area contributed by atoms with E-state index < -0.39 is 0 Å². The normalized spacial score (nSPS) is 14.2. The van der Waals surface area contributed by atoms with Gasteiger partial charge in [-0.1, -0.05) is 0 Å². The minimum absolute atomic E-state index is 0.720. The van der Waals surface area contributed by atoms with E-state index >= 15 is 0 Å². The Morgan fingerprint density at radius 2 is 2.33 bits per heavy atom. The van der Waals surface area contributed by atoms with Gasteiger partial charge in [0.2, 0.25) is 0 Å². The van der Waals surface area contributed by atoms with Crippen LogP contribution in [0.4, 0.5) is 5.69 Å². The number of ether oxygens (including phenoxy) is 2. The summed E-state index contributed by atoms with van der Waals surface area (Å²) in [6, 6.07) is 5.94. The number of methoxy groups -OCH3 is 1. The van der Waals surface area contributed by atoms with Crippen LogP contribution in [0.2, 0.25) is 0 Å². The lowest BCUT2D eigenvalue weighted by Crippen LogP contribution is -2.32. The zero-order chi connectivity index (χ0) is 12.5. The fraction of sp³-hybridized carbons (Fsp3) is 0.357. The van der Waals surface area contributed by atoms with Crippen LogP contribution in [0.3, 0.4) is 0 Å². The predicted octanol–water partition coefficient (Wildman–Crippen LogP) is 2.46. The summed E-state index contributed by atoms with van der Waals surface area (Å²) < 4.78 is 11.0. The van der Waals surface area contributed by atoms with Crippen molar-refractivity contribution in [1.29, 1.82) is 0 Å². The molecule has 0 atom stereocenters. The summed E-state index contributed by atoms with van der Waals surface area (Å²) in [5, 5.41) is 1.09. The van der Waals surface area contributed by atoms with Crippen molar-refractivity contribution in [2.75, 3.05) is 31.7 Å². The molecule has 1 aromatic carbocycles. The fourth-order valence-corrected chi connectivity index (χ4v) is 2.39. The number of aromatic nitrogens is 1. The standard InChI is InChI=1S/C14H16N2O2/c1-3-16-6-7-18-13-9-15-12-5-4-10(17-2)8-11(12)14(13)16/h4-5,8-9H,3,6-7H2,1-2H3. The zero-order valence-electron chi connectivity index (χ0n) is 10.6. The zero-order valence-corrected chi connectivity index (χ0v) is 10.6. The summed E-state index contributed by atoms with van der Waals surface area (Å²) in [5.74, 6) is 1.71. The summed E-state index contributed by atoms with van der Waals surface area (Å²) in [5.41, 5.74) is 2.10. The Morgan fingerprint density at radius 1 is 1.44 bits per heavy atom. The van der Waals surface area contributed by atoms with E-state index in [4.69, 9.17) is 9.47 Å². The van der Waals surface area contributed by atoms with Gasteiger partial charge in [0.05, 0.1) is 31.1 Å². The third kappa shape index (κ3) is 1.65. The number of likely N-dealkylation sites (N-methyl/N-ethyl adjacent to an activating group) is 1. The molecule has 0 N–H and O–H groups in total. The van der Waals surface area contributed by atoms with Crippen molar-refractivity contribution in [3.05, 3.63) is 24.4 Å². The second-order valence-corrected chi connectivity index (χ2v) is 4.28. The van der Waals surface area contributed by atoms with Crippen LogP contribution < -0.4 is 14.4 Å². The van der Waals surface area contributed by atoms with Crippen LogP contribution >= 0.6 is 0 Å². The molecule has 2 heterocycles. The van der Waals surface area contributed by atoms with Crippen LogP contribution in [0.15, 0.2) is 24.4 Å². The van der Waals surface area contributed by atoms with E-state index in [1.54, 1.807) is 7.11 Å². The molecule has 0 fully saturated rings. The first-order valence-electron chi connectivity index (χ1n) is 6.18. The van der Waals surface area contributed by atoms with Gasteiger partial charge in [0, 0.05) is 11.9 Å². The van der Waals surface area contributed by atoms with Gasteiger partial charge in [-0.25, -0.2) is 0 Å². The molecule has 0 spiro atoms. The minimum Gasteiger partial charge on any atom is -0.497 e. The molecular formula is C14H16N2O2. The molecule has 3 rings (SSSR count). The van der Waals surface area contributed by atoms with Gasteiger partial charge in [0.1, 0.15) is 12.4 Å². The Balaban J connectivity index is 2.27. The quantitative estimate of drug-likeness (QED) is 0.812. The molecule has 0 radical (unpaired) electrons. The molecular weight excluding hydrogens is 228 g/mol. The van der Waals surface area contributed by atoms with Gasteiger partial charge < -0.3 is 14.4 Å². The first kappa shape index (κ1) is 11.1. The summed E-state index contributed by atoms with van der Waals surface area (Å²) in [6.07, 6.45) is 1.81. The maximum atomic E-state index is 5.69. The van der Waals surface area contributed by atoms with Gasteiger partial charge in [-0.3, -0.25) is 4.98 Å². The van der Waals surface area contributed by atoms with Crippen LogP contribution in [0.1, 0.15) is 6.92 Å². The van der Waals surface area contributed by atoms with Gasteiger partial charge in [-0.05, 0) is 25.1 Å². The molecule has 0 amide bonds. The fourth-order valence-electron chi connectivity index (χ4n) is 2.39. The number of anilines is 1. The summed E-state index contributed by atoms with van der Waals surface area (Å²) >= 11 is 0. The Kier molecular flexibility index (Phi) is 2.70. The lowest BCUT2D eigenvalue weighted by atomic mass is 10.1. The molecule has 4 heteroatoms. The predicted molar refractivity (Wildman–Crippen MR) is 71.7 cm³/mol. The first-order valence-corrected chi connectivity index (χ1v) is 6.18. The molecule has 1 aliphatic rings. The summed E-state index contributed by atoms with van der Waals surface area (Å²) in [7, 11) is 1.68. The van der Waals surface area contributed by atoms with E-state index in [1.807, 2.05) is 24.4 Å². The highest BCUT2D eigenvalue weighted by atomic mass is 16.5. The molecule has 2 aromatic rings. The Morgan fingerprint density at radius 3 is 3.11 bits per heavy atom. The maximum absolute atomic E-state index is 5.69. The number of nitrogens with zero attached hydrogens (tertiary/aromatic N) is 2. The Labute approximate surface area is 106 Å². The molecule has 18 heavy (non-hydrogen) atoms. The monoisotopic (exact) mass is 244 g/mol. The van der Waals surface area contributed by atoms with Gasteiger partial charge in [0.15, 0.2) is 5.75 Å². The van der Waals surface area contributed by atoms with Gasteiger partial charge in [-0.15, -0.1) is 0 Å². The van der Waals surface area contributed by atoms with Crippen molar-refractivity contribution >= 4 is 16.6 Å². The van der Waals surface area contributed by atoms with Gasteiger partial charge >= 0.3 is 0 Å². The molecule has 0 aliphatic carbocycles. The largest absolute Gasteiger partial charge is 0.497 e. The molecule has 0 saturated heterocycles. The van der Waals surface area contributed by atoms with Crippen LogP contribution in [0, 0.1) is 0 Å². The number of hydrogen-bond acceptors (Lipinski definition) is 4. The molecule has 0 saturated carbocycles. The lowest BCUT2D eigenvalue weighted by Gasteiger charge is -2.31. The van der Waals surface area contributed by atoms with Crippen LogP contribution in [-0.2, 0) is 0 Å². The topological polar surface area (TPSA) is 34.6 Å². The number of benzene rings is 1. The van der Waals surface area contributed by atoms with Crippen molar-refractivity contribution in [3.63, 3.8) is 0 Å². The Bertz CT molecular complexity index is 578. The van der Waals surface area contributed by atoms with Crippen molar-refractivity contribution in [2.24, 2.45) is 0 Å². The smallest absolute Gasteiger partial charge is 0.161 e. The number of fused-ring (bicyclic) bond motifs is 3. The number of pyridine rings is 1. The first-order chi connectivity index (χ1) is 8.83. The molecule has 1 aromatic heterocycles. The summed E-state index contributed by atoms with van der Waals surface area (Å²) in [4.78, 5) is 6.75. The molecule has 4 nitrogen and oxygen atoms in total. The third-order valence-corrected chi connectivity index (χ3v) is 3.33. The van der Waals surface area contributed by atoms with Gasteiger partial charge in [0.25, 0.3) is 0 Å². The molecule has 0 unspecified atom stereocenters. The lowest BCUT2D eigenvalue weighted by molar-refractivity contribution is 0.308. The minimum atomic E-state index is 0.720. The van der Waals surface area contributed by atoms with Crippen molar-refractivity contribution < 1.29 is 9.47 Å². The average Bonchev–Trinajstić information content (AvgIpc) is 2.45. The highest BCUT2D eigenvalue weighted by Crippen LogP contribution is 2.38. The maximum Gasteiger partial charge on any atom is 0.161 e. The van der Waals surface area contributed by atoms with Crippen molar-refractivity contribution in [3.8, 4) is 11.5 Å². The second-order valence-electron chi connectivity index (χ2n) is 4.28. The van der Waals surface area contributed by atoms with E-state index in [9.17, 15) is 0 Å². The number of hydrogen-bond donors (Lipinski definition) is 0. The van der Waals surface area contributed by atoms with Crippen molar-refractivity contribution in [1.82, 2.24) is 4.98 Å². The highest BCUT2D eigenvalue weighted by Gasteiger charge is 2.20. The van der Waals surface area contributed by atoms with Gasteiger partial charge in [-0.2, -0.15) is 0 Å². The third-order valence-electron chi connectivity index (χ3n) is 3.33. The van der Waals surface area contributed by atoms with Crippen LogP contribution in [0.5, 0.6) is 11.5 Å². The molecule has 1 aliphatic heterocycles. The van der Waals surface area contributed by atoms with Crippen molar-refractivity contribution in [2.45, 2.75) is 6.92 Å². The summed E-state index contributed by atoms with van der Waals surface area (Å²) in [6.45, 7) is 4.76. The SMILES string of the molecule is CCN1CCOc2cnc3ccc(OC)cc3c21. The van der Waals surface area contributed by atoms with E-state index in [1.165, 1.54) is 0 Å². The van der Waals surface area contributed by atoms with E-state index in [0.29, 0.717) is 0 Å². The van der Waals surface area contributed by atoms with E-state index in [0.717, 1.165) is 47.8 Å². The molecule has 0 bridgehead atoms. The Hall–Kier alpha value is -1.97. The average molecular weight is 244 g/mol.